The molecule has 3 aromatic rings. The molecule has 24 heavy (non-hydrogen) atoms. The van der Waals surface area contributed by atoms with E-state index in [1.807, 2.05) is 0 Å². The molecular formula is C19H21IN2O2. The Kier molecular flexibility index (Phi) is 4.76. The van der Waals surface area contributed by atoms with Gasteiger partial charge < -0.3 is 14.4 Å². The van der Waals surface area contributed by atoms with Gasteiger partial charge in [-0.05, 0) is 46.9 Å². The van der Waals surface area contributed by atoms with Gasteiger partial charge in [-0.3, -0.25) is 4.90 Å². The summed E-state index contributed by atoms with van der Waals surface area (Å²) in [6.07, 6.45) is -0.388. The fourth-order valence-electron chi connectivity index (χ4n) is 3.57. The highest BCUT2D eigenvalue weighted by molar-refractivity contribution is 14.1. The topological polar surface area (TPSA) is 37.6 Å². The number of morpholine rings is 1. The van der Waals surface area contributed by atoms with E-state index < -0.39 is 0 Å². The van der Waals surface area contributed by atoms with Crippen molar-refractivity contribution < 1.29 is 9.84 Å². The van der Waals surface area contributed by atoms with E-state index >= 15 is 0 Å². The van der Waals surface area contributed by atoms with E-state index in [1.54, 1.807) is 0 Å². The Balaban J connectivity index is 1.67. The first-order chi connectivity index (χ1) is 11.7. The van der Waals surface area contributed by atoms with Gasteiger partial charge in [0.1, 0.15) is 0 Å². The van der Waals surface area contributed by atoms with Crippen LogP contribution in [0.25, 0.3) is 21.8 Å². The quantitative estimate of drug-likeness (QED) is 0.639. The second kappa shape index (κ2) is 7.00. The van der Waals surface area contributed by atoms with E-state index in [2.05, 4.69) is 74.5 Å². The van der Waals surface area contributed by atoms with Crippen LogP contribution < -0.4 is 0 Å². The number of ether oxygens (including phenoxy) is 1. The van der Waals surface area contributed by atoms with Gasteiger partial charge in [0.15, 0.2) is 0 Å². The van der Waals surface area contributed by atoms with Gasteiger partial charge in [0.05, 0.1) is 25.9 Å². The monoisotopic (exact) mass is 436 g/mol. The zero-order valence-corrected chi connectivity index (χ0v) is 15.6. The van der Waals surface area contributed by atoms with Crippen molar-refractivity contribution in [2.75, 3.05) is 32.8 Å². The molecule has 0 spiro atoms. The second-order valence-corrected chi connectivity index (χ2v) is 7.60. The molecule has 1 atom stereocenters. The Hall–Kier alpha value is -1.15. The van der Waals surface area contributed by atoms with E-state index in [9.17, 15) is 5.11 Å². The Morgan fingerprint density at radius 3 is 2.58 bits per heavy atom. The van der Waals surface area contributed by atoms with Gasteiger partial charge >= 0.3 is 0 Å². The third kappa shape index (κ3) is 3.18. The summed E-state index contributed by atoms with van der Waals surface area (Å²) in [7, 11) is 0. The van der Waals surface area contributed by atoms with Crippen LogP contribution in [0.2, 0.25) is 0 Å². The van der Waals surface area contributed by atoms with Gasteiger partial charge in [-0.15, -0.1) is 0 Å². The van der Waals surface area contributed by atoms with E-state index in [-0.39, 0.29) is 6.10 Å². The zero-order valence-electron chi connectivity index (χ0n) is 13.5. The summed E-state index contributed by atoms with van der Waals surface area (Å²) in [6, 6.07) is 15.0. The van der Waals surface area contributed by atoms with Crippen LogP contribution in [0.15, 0.2) is 42.5 Å². The number of hydrogen-bond donors (Lipinski definition) is 1. The van der Waals surface area contributed by atoms with Crippen LogP contribution in [0.3, 0.4) is 0 Å². The fraction of sp³-hybridized carbons (Fsp3) is 0.368. The van der Waals surface area contributed by atoms with E-state index in [0.29, 0.717) is 13.1 Å². The van der Waals surface area contributed by atoms with Gasteiger partial charge in [0.25, 0.3) is 0 Å². The Labute approximate surface area is 155 Å². The molecule has 1 aromatic heterocycles. The number of halogens is 1. The molecule has 1 N–H and O–H groups in total. The van der Waals surface area contributed by atoms with Gasteiger partial charge in [0.2, 0.25) is 0 Å². The van der Waals surface area contributed by atoms with E-state index in [1.165, 1.54) is 25.4 Å². The number of β-amino-alcohol motifs (C(OH)–C–C–N with tert-alkyl or cyclic N) is 1. The van der Waals surface area contributed by atoms with Crippen LogP contribution in [0.4, 0.5) is 0 Å². The summed E-state index contributed by atoms with van der Waals surface area (Å²) in [6.45, 7) is 4.65. The average Bonchev–Trinajstić information content (AvgIpc) is 2.89. The van der Waals surface area contributed by atoms with Crippen molar-refractivity contribution >= 4 is 44.4 Å². The number of hydrogen-bond acceptors (Lipinski definition) is 3. The molecule has 4 nitrogen and oxygen atoms in total. The normalized spacial score (nSPS) is 17.6. The van der Waals surface area contributed by atoms with Crippen LogP contribution in [0.1, 0.15) is 0 Å². The first kappa shape index (κ1) is 16.3. The Bertz CT molecular complexity index is 855. The lowest BCUT2D eigenvalue weighted by Gasteiger charge is -2.28. The molecule has 126 valence electrons. The maximum atomic E-state index is 10.6. The van der Waals surface area contributed by atoms with Gasteiger partial charge in [-0.2, -0.15) is 0 Å². The van der Waals surface area contributed by atoms with E-state index in [0.717, 1.165) is 26.3 Å². The first-order valence-corrected chi connectivity index (χ1v) is 9.45. The number of benzene rings is 2. The van der Waals surface area contributed by atoms with Crippen molar-refractivity contribution in [3.05, 3.63) is 46.0 Å². The van der Waals surface area contributed by atoms with Crippen molar-refractivity contribution in [2.45, 2.75) is 12.6 Å². The predicted octanol–water partition coefficient (Wildman–Crippen LogP) is 3.09. The van der Waals surface area contributed by atoms with Crippen molar-refractivity contribution in [3.63, 3.8) is 0 Å². The molecule has 5 heteroatoms. The third-order valence-electron chi connectivity index (χ3n) is 4.70. The van der Waals surface area contributed by atoms with Gasteiger partial charge in [-0.25, -0.2) is 0 Å². The van der Waals surface area contributed by atoms with Crippen molar-refractivity contribution in [2.24, 2.45) is 0 Å². The number of aliphatic hydroxyl groups excluding tert-OH is 1. The maximum Gasteiger partial charge on any atom is 0.0846 e. The number of para-hydroxylation sites is 1. The van der Waals surface area contributed by atoms with Crippen molar-refractivity contribution in [1.29, 1.82) is 0 Å². The number of nitrogens with zero attached hydrogens (tertiary/aromatic N) is 2. The molecule has 2 heterocycles. The summed E-state index contributed by atoms with van der Waals surface area (Å²) in [5.74, 6) is 0. The smallest absolute Gasteiger partial charge is 0.0846 e. The Morgan fingerprint density at radius 2 is 1.75 bits per heavy atom. The molecule has 0 amide bonds. The summed E-state index contributed by atoms with van der Waals surface area (Å²) in [5.41, 5.74) is 2.38. The van der Waals surface area contributed by atoms with Crippen molar-refractivity contribution in [1.82, 2.24) is 9.47 Å². The zero-order chi connectivity index (χ0) is 16.5. The number of aliphatic hydroxyl groups is 1. The average molecular weight is 436 g/mol. The van der Waals surface area contributed by atoms with E-state index in [4.69, 9.17) is 4.74 Å². The predicted molar refractivity (Wildman–Crippen MR) is 105 cm³/mol. The fourth-order valence-corrected chi connectivity index (χ4v) is 4.06. The molecule has 1 aliphatic rings. The molecule has 0 bridgehead atoms. The number of aromatic nitrogens is 1. The third-order valence-corrected chi connectivity index (χ3v) is 5.37. The van der Waals surface area contributed by atoms with Crippen LogP contribution in [0, 0.1) is 3.57 Å². The lowest BCUT2D eigenvalue weighted by Crippen LogP contribution is -2.42. The van der Waals surface area contributed by atoms with Crippen LogP contribution >= 0.6 is 22.6 Å². The minimum atomic E-state index is -0.388. The molecule has 0 aliphatic carbocycles. The largest absolute Gasteiger partial charge is 0.390 e. The lowest BCUT2D eigenvalue weighted by molar-refractivity contribution is 0.0119. The highest BCUT2D eigenvalue weighted by Crippen LogP contribution is 2.30. The van der Waals surface area contributed by atoms with Crippen LogP contribution in [0.5, 0.6) is 0 Å². The first-order valence-electron chi connectivity index (χ1n) is 8.37. The molecule has 2 aromatic carbocycles. The number of rotatable bonds is 4. The second-order valence-electron chi connectivity index (χ2n) is 6.36. The molecule has 1 fully saturated rings. The molecule has 1 aliphatic heterocycles. The van der Waals surface area contributed by atoms with Crippen LogP contribution in [-0.2, 0) is 11.3 Å². The summed E-state index contributed by atoms with van der Waals surface area (Å²) in [4.78, 5) is 2.28. The highest BCUT2D eigenvalue weighted by atomic mass is 127. The lowest BCUT2D eigenvalue weighted by atomic mass is 10.2. The van der Waals surface area contributed by atoms with Crippen molar-refractivity contribution in [3.8, 4) is 0 Å². The summed E-state index contributed by atoms with van der Waals surface area (Å²) >= 11 is 2.35. The maximum absolute atomic E-state index is 10.6. The molecule has 4 rings (SSSR count). The summed E-state index contributed by atoms with van der Waals surface area (Å²) in [5, 5.41) is 13.2. The molecular weight excluding hydrogens is 415 g/mol. The van der Waals surface area contributed by atoms with Gasteiger partial charge in [-0.1, -0.05) is 18.2 Å². The highest BCUT2D eigenvalue weighted by Gasteiger charge is 2.18. The summed E-state index contributed by atoms with van der Waals surface area (Å²) < 4.78 is 8.87. The standard InChI is InChI=1S/C19H21IN2O2/c20-14-5-6-19-17(11-14)16-3-1-2-4-18(16)22(19)13-15(23)12-21-7-9-24-10-8-21/h1-6,11,15,23H,7-10,12-13H2. The molecule has 0 saturated carbocycles. The minimum Gasteiger partial charge on any atom is -0.390 e. The SMILES string of the molecule is OC(CN1CCOCC1)Cn1c2ccccc2c2cc(I)ccc21. The molecule has 0 radical (unpaired) electrons. The molecule has 1 unspecified atom stereocenters. The Morgan fingerprint density at radius 1 is 1.00 bits per heavy atom. The minimum absolute atomic E-state index is 0.388. The molecule has 1 saturated heterocycles. The van der Waals surface area contributed by atoms with Crippen LogP contribution in [-0.4, -0.2) is 53.5 Å². The van der Waals surface area contributed by atoms with Gasteiger partial charge in [0, 0.05) is 45.0 Å². The number of fused-ring (bicyclic) bond motifs is 3.